The van der Waals surface area contributed by atoms with E-state index >= 15 is 0 Å². The number of aromatic nitrogens is 1. The molecule has 6 nitrogen and oxygen atoms in total. The van der Waals surface area contributed by atoms with Gasteiger partial charge in [0, 0.05) is 42.6 Å². The van der Waals surface area contributed by atoms with Crippen LogP contribution in [0.25, 0.3) is 10.8 Å². The predicted octanol–water partition coefficient (Wildman–Crippen LogP) is 2.76. The summed E-state index contributed by atoms with van der Waals surface area (Å²) in [4.78, 5) is 17.0. The van der Waals surface area contributed by atoms with Crippen molar-refractivity contribution in [2.75, 3.05) is 18.0 Å². The number of morpholine rings is 1. The second kappa shape index (κ2) is 5.29. The molecule has 2 aromatic rings. The van der Waals surface area contributed by atoms with Crippen molar-refractivity contribution in [3.8, 4) is 0 Å². The van der Waals surface area contributed by atoms with Crippen molar-refractivity contribution in [3.05, 3.63) is 40.7 Å². The summed E-state index contributed by atoms with van der Waals surface area (Å²) in [6.07, 6.45) is 3.51. The Morgan fingerprint density at radius 1 is 1.24 bits per heavy atom. The van der Waals surface area contributed by atoms with Crippen molar-refractivity contribution >= 4 is 22.1 Å². The zero-order valence-electron chi connectivity index (χ0n) is 12.0. The van der Waals surface area contributed by atoms with E-state index < -0.39 is 0 Å². The van der Waals surface area contributed by atoms with Crippen molar-refractivity contribution in [2.24, 2.45) is 0 Å². The Balaban J connectivity index is 2.11. The Hall–Kier alpha value is -2.21. The van der Waals surface area contributed by atoms with Crippen LogP contribution in [0.1, 0.15) is 13.8 Å². The van der Waals surface area contributed by atoms with Gasteiger partial charge >= 0.3 is 0 Å². The van der Waals surface area contributed by atoms with Gasteiger partial charge in [0.25, 0.3) is 5.69 Å². The van der Waals surface area contributed by atoms with E-state index in [0.717, 1.165) is 24.2 Å². The molecule has 0 N–H and O–H groups in total. The Bertz CT molecular complexity index is 679. The number of nitro benzene ring substituents is 1. The first kappa shape index (κ1) is 13.8. The van der Waals surface area contributed by atoms with Crippen molar-refractivity contribution in [3.63, 3.8) is 0 Å². The molecule has 1 aromatic carbocycles. The zero-order chi connectivity index (χ0) is 15.0. The number of nitro groups is 1. The van der Waals surface area contributed by atoms with E-state index in [1.165, 1.54) is 0 Å². The largest absolute Gasteiger partial charge is 0.372 e. The maximum atomic E-state index is 11.2. The summed E-state index contributed by atoms with van der Waals surface area (Å²) in [5, 5.41) is 12.6. The fourth-order valence-corrected chi connectivity index (χ4v) is 2.97. The molecule has 110 valence electrons. The van der Waals surface area contributed by atoms with Gasteiger partial charge in [-0.05, 0) is 26.0 Å². The van der Waals surface area contributed by atoms with Crippen molar-refractivity contribution < 1.29 is 9.66 Å². The van der Waals surface area contributed by atoms with Gasteiger partial charge in [0.15, 0.2) is 0 Å². The van der Waals surface area contributed by atoms with E-state index in [1.54, 1.807) is 18.5 Å². The second-order valence-corrected chi connectivity index (χ2v) is 5.44. The second-order valence-electron chi connectivity index (χ2n) is 5.44. The Morgan fingerprint density at radius 3 is 2.62 bits per heavy atom. The van der Waals surface area contributed by atoms with Gasteiger partial charge in [-0.3, -0.25) is 15.1 Å². The van der Waals surface area contributed by atoms with E-state index in [2.05, 4.69) is 9.88 Å². The van der Waals surface area contributed by atoms with Gasteiger partial charge in [-0.2, -0.15) is 0 Å². The third-order valence-electron chi connectivity index (χ3n) is 3.73. The van der Waals surface area contributed by atoms with Gasteiger partial charge in [0.05, 0.1) is 22.5 Å². The number of nitrogens with zero attached hydrogens (tertiary/aromatic N) is 3. The van der Waals surface area contributed by atoms with Crippen LogP contribution in [0.15, 0.2) is 30.6 Å². The molecule has 2 heterocycles. The standard InChI is InChI=1S/C15H17N3O3/c1-10-8-17(9-11(2)21-10)14-3-4-15(18(19)20)13-7-16-6-5-12(13)14/h3-7,10-11H,8-9H2,1-2H3. The molecule has 1 saturated heterocycles. The lowest BCUT2D eigenvalue weighted by atomic mass is 10.1. The highest BCUT2D eigenvalue weighted by Gasteiger charge is 2.25. The van der Waals surface area contributed by atoms with Crippen LogP contribution in [0.2, 0.25) is 0 Å². The first-order valence-corrected chi connectivity index (χ1v) is 6.98. The van der Waals surface area contributed by atoms with E-state index in [1.807, 2.05) is 26.0 Å². The number of pyridine rings is 1. The maximum absolute atomic E-state index is 11.2. The number of ether oxygens (including phenoxy) is 1. The van der Waals surface area contributed by atoms with E-state index in [-0.39, 0.29) is 22.8 Å². The summed E-state index contributed by atoms with van der Waals surface area (Å²) in [5.74, 6) is 0. The first-order valence-electron chi connectivity index (χ1n) is 6.98. The minimum absolute atomic E-state index is 0.0937. The minimum Gasteiger partial charge on any atom is -0.372 e. The number of fused-ring (bicyclic) bond motifs is 1. The fourth-order valence-electron chi connectivity index (χ4n) is 2.97. The fraction of sp³-hybridized carbons (Fsp3) is 0.400. The van der Waals surface area contributed by atoms with Gasteiger partial charge in [0.1, 0.15) is 0 Å². The number of anilines is 1. The topological polar surface area (TPSA) is 68.5 Å². The molecule has 0 radical (unpaired) electrons. The van der Waals surface area contributed by atoms with Crippen molar-refractivity contribution in [1.82, 2.24) is 4.98 Å². The summed E-state index contributed by atoms with van der Waals surface area (Å²) >= 11 is 0. The molecule has 2 atom stereocenters. The number of benzene rings is 1. The average molecular weight is 287 g/mol. The molecule has 1 fully saturated rings. The molecule has 0 amide bonds. The molecule has 0 spiro atoms. The smallest absolute Gasteiger partial charge is 0.278 e. The number of non-ortho nitro benzene ring substituents is 1. The Morgan fingerprint density at radius 2 is 1.95 bits per heavy atom. The van der Waals surface area contributed by atoms with Crippen LogP contribution in [0.5, 0.6) is 0 Å². The lowest BCUT2D eigenvalue weighted by Gasteiger charge is -2.37. The molecular formula is C15H17N3O3. The number of hydrogen-bond acceptors (Lipinski definition) is 5. The molecule has 1 aliphatic rings. The van der Waals surface area contributed by atoms with Crippen LogP contribution in [-0.2, 0) is 4.74 Å². The highest BCUT2D eigenvalue weighted by Crippen LogP contribution is 2.34. The van der Waals surface area contributed by atoms with Gasteiger partial charge < -0.3 is 9.64 Å². The molecule has 0 saturated carbocycles. The molecule has 0 bridgehead atoms. The summed E-state index contributed by atoms with van der Waals surface area (Å²) in [5.41, 5.74) is 1.09. The van der Waals surface area contributed by atoms with Crippen LogP contribution in [0, 0.1) is 10.1 Å². The molecule has 2 unspecified atom stereocenters. The molecular weight excluding hydrogens is 270 g/mol. The van der Waals surface area contributed by atoms with Crippen LogP contribution >= 0.6 is 0 Å². The minimum atomic E-state index is -0.363. The van der Waals surface area contributed by atoms with Crippen LogP contribution in [0.3, 0.4) is 0 Å². The molecule has 3 rings (SSSR count). The van der Waals surface area contributed by atoms with E-state index in [9.17, 15) is 10.1 Å². The molecule has 6 heteroatoms. The van der Waals surface area contributed by atoms with Crippen LogP contribution < -0.4 is 4.90 Å². The average Bonchev–Trinajstić information content (AvgIpc) is 2.44. The van der Waals surface area contributed by atoms with Crippen LogP contribution in [0.4, 0.5) is 11.4 Å². The van der Waals surface area contributed by atoms with Crippen molar-refractivity contribution in [2.45, 2.75) is 26.1 Å². The van der Waals surface area contributed by atoms with Crippen molar-refractivity contribution in [1.29, 1.82) is 0 Å². The highest BCUT2D eigenvalue weighted by molar-refractivity contribution is 5.99. The summed E-state index contributed by atoms with van der Waals surface area (Å²) < 4.78 is 5.75. The monoisotopic (exact) mass is 287 g/mol. The third-order valence-corrected chi connectivity index (χ3v) is 3.73. The van der Waals surface area contributed by atoms with Crippen LogP contribution in [-0.4, -0.2) is 35.2 Å². The Kier molecular flexibility index (Phi) is 3.47. The highest BCUT2D eigenvalue weighted by atomic mass is 16.6. The van der Waals surface area contributed by atoms with Gasteiger partial charge in [-0.1, -0.05) is 0 Å². The van der Waals surface area contributed by atoms with E-state index in [4.69, 9.17) is 4.74 Å². The van der Waals surface area contributed by atoms with Gasteiger partial charge in [0.2, 0.25) is 0 Å². The lowest BCUT2D eigenvalue weighted by molar-refractivity contribution is -0.383. The maximum Gasteiger partial charge on any atom is 0.278 e. The predicted molar refractivity (Wildman–Crippen MR) is 80.6 cm³/mol. The summed E-state index contributed by atoms with van der Waals surface area (Å²) in [7, 11) is 0. The zero-order valence-corrected chi connectivity index (χ0v) is 12.0. The summed E-state index contributed by atoms with van der Waals surface area (Å²) in [6.45, 7) is 5.63. The SMILES string of the molecule is CC1CN(c2ccc([N+](=O)[O-])c3cnccc23)CC(C)O1. The number of hydrogen-bond donors (Lipinski definition) is 0. The van der Waals surface area contributed by atoms with Gasteiger partial charge in [-0.25, -0.2) is 0 Å². The molecule has 0 aliphatic carbocycles. The lowest BCUT2D eigenvalue weighted by Crippen LogP contribution is -2.45. The first-order chi connectivity index (χ1) is 10.1. The molecule has 1 aliphatic heterocycles. The quantitative estimate of drug-likeness (QED) is 0.627. The number of rotatable bonds is 2. The summed E-state index contributed by atoms with van der Waals surface area (Å²) in [6, 6.07) is 5.22. The molecule has 21 heavy (non-hydrogen) atoms. The van der Waals surface area contributed by atoms with Gasteiger partial charge in [-0.15, -0.1) is 0 Å². The third kappa shape index (κ3) is 2.54. The van der Waals surface area contributed by atoms with E-state index in [0.29, 0.717) is 5.39 Å². The Labute approximate surface area is 122 Å². The molecule has 1 aromatic heterocycles. The normalized spacial score (nSPS) is 22.5.